The van der Waals surface area contributed by atoms with E-state index in [1.165, 1.54) is 5.56 Å². The minimum atomic E-state index is -0.653. The maximum absolute atomic E-state index is 10.2. The number of aliphatic hydroxyl groups is 1. The summed E-state index contributed by atoms with van der Waals surface area (Å²) in [5.41, 5.74) is 8.65. The van der Waals surface area contributed by atoms with Crippen molar-refractivity contribution in [2.45, 2.75) is 38.7 Å². The van der Waals surface area contributed by atoms with Crippen molar-refractivity contribution in [3.63, 3.8) is 0 Å². The number of ether oxygens (including phenoxy) is 1. The number of rotatable bonds is 6. The van der Waals surface area contributed by atoms with Crippen LogP contribution in [-0.2, 0) is 5.41 Å². The van der Waals surface area contributed by atoms with E-state index in [-0.39, 0.29) is 12.0 Å². The minimum absolute atomic E-state index is 0.154. The topological polar surface area (TPSA) is 55.5 Å². The Labute approximate surface area is 132 Å². The highest BCUT2D eigenvalue weighted by molar-refractivity contribution is 5.43. The lowest BCUT2D eigenvalue weighted by atomic mass is 9.82. The SMILES string of the molecule is CCC(C)(C)c1ccc(C(O)COc2cccc(N)c2)cc1. The molecule has 118 valence electrons. The molecule has 2 aromatic rings. The molecule has 2 aromatic carbocycles. The number of nitrogen functional groups attached to an aromatic ring is 1. The van der Waals surface area contributed by atoms with Crippen LogP contribution in [0.2, 0.25) is 0 Å². The molecular formula is C19H25NO2. The van der Waals surface area contributed by atoms with Crippen LogP contribution in [0.3, 0.4) is 0 Å². The summed E-state index contributed by atoms with van der Waals surface area (Å²) in [4.78, 5) is 0. The molecule has 3 nitrogen and oxygen atoms in total. The first kappa shape index (κ1) is 16.4. The van der Waals surface area contributed by atoms with Crippen LogP contribution in [0, 0.1) is 0 Å². The lowest BCUT2D eigenvalue weighted by molar-refractivity contribution is 0.108. The molecular weight excluding hydrogens is 274 g/mol. The molecule has 0 spiro atoms. The largest absolute Gasteiger partial charge is 0.490 e. The summed E-state index contributed by atoms with van der Waals surface area (Å²) in [7, 11) is 0. The van der Waals surface area contributed by atoms with Crippen molar-refractivity contribution >= 4 is 5.69 Å². The first-order valence-electron chi connectivity index (χ1n) is 7.69. The zero-order valence-corrected chi connectivity index (χ0v) is 13.5. The van der Waals surface area contributed by atoms with Crippen molar-refractivity contribution in [2.75, 3.05) is 12.3 Å². The highest BCUT2D eigenvalue weighted by Gasteiger charge is 2.18. The molecule has 0 amide bonds. The Bertz CT molecular complexity index is 605. The van der Waals surface area contributed by atoms with Gasteiger partial charge in [-0.05, 0) is 35.1 Å². The van der Waals surface area contributed by atoms with Crippen LogP contribution in [-0.4, -0.2) is 11.7 Å². The Morgan fingerprint density at radius 2 is 1.82 bits per heavy atom. The summed E-state index contributed by atoms with van der Waals surface area (Å²) in [5, 5.41) is 10.2. The molecule has 0 aliphatic carbocycles. The Morgan fingerprint density at radius 1 is 1.14 bits per heavy atom. The second kappa shape index (κ2) is 6.84. The molecule has 0 radical (unpaired) electrons. The van der Waals surface area contributed by atoms with E-state index in [1.54, 1.807) is 12.1 Å². The Kier molecular flexibility index (Phi) is 5.09. The van der Waals surface area contributed by atoms with Gasteiger partial charge in [-0.1, -0.05) is 51.1 Å². The van der Waals surface area contributed by atoms with Gasteiger partial charge in [-0.25, -0.2) is 0 Å². The van der Waals surface area contributed by atoms with Crippen molar-refractivity contribution in [3.05, 3.63) is 59.7 Å². The van der Waals surface area contributed by atoms with Crippen molar-refractivity contribution in [1.29, 1.82) is 0 Å². The number of hydrogen-bond donors (Lipinski definition) is 2. The van der Waals surface area contributed by atoms with Gasteiger partial charge in [0.1, 0.15) is 18.5 Å². The average Bonchev–Trinajstić information content (AvgIpc) is 2.53. The van der Waals surface area contributed by atoms with Crippen LogP contribution in [0.25, 0.3) is 0 Å². The number of hydrogen-bond acceptors (Lipinski definition) is 3. The first-order chi connectivity index (χ1) is 10.4. The molecule has 0 saturated carbocycles. The van der Waals surface area contributed by atoms with Crippen molar-refractivity contribution in [2.24, 2.45) is 0 Å². The van der Waals surface area contributed by atoms with Crippen LogP contribution in [0.15, 0.2) is 48.5 Å². The van der Waals surface area contributed by atoms with E-state index in [4.69, 9.17) is 10.5 Å². The molecule has 0 fully saturated rings. The Morgan fingerprint density at radius 3 is 2.41 bits per heavy atom. The van der Waals surface area contributed by atoms with Gasteiger partial charge >= 0.3 is 0 Å². The number of aliphatic hydroxyl groups excluding tert-OH is 1. The minimum Gasteiger partial charge on any atom is -0.490 e. The highest BCUT2D eigenvalue weighted by Crippen LogP contribution is 2.28. The second-order valence-corrected chi connectivity index (χ2v) is 6.26. The number of anilines is 1. The molecule has 0 aliphatic heterocycles. The van der Waals surface area contributed by atoms with E-state index >= 15 is 0 Å². The molecule has 22 heavy (non-hydrogen) atoms. The third-order valence-corrected chi connectivity index (χ3v) is 4.23. The third-order valence-electron chi connectivity index (χ3n) is 4.23. The third kappa shape index (κ3) is 4.01. The zero-order chi connectivity index (χ0) is 16.2. The maximum Gasteiger partial charge on any atom is 0.121 e. The molecule has 0 heterocycles. The van der Waals surface area contributed by atoms with Crippen LogP contribution in [0.5, 0.6) is 5.75 Å². The summed E-state index contributed by atoms with van der Waals surface area (Å²) in [5.74, 6) is 0.669. The standard InChI is InChI=1S/C19H25NO2/c1-4-19(2,3)15-10-8-14(9-11-15)18(21)13-22-17-7-5-6-16(20)12-17/h5-12,18,21H,4,13,20H2,1-3H3. The number of benzene rings is 2. The molecule has 3 heteroatoms. The van der Waals surface area contributed by atoms with Crippen molar-refractivity contribution in [3.8, 4) is 5.75 Å². The summed E-state index contributed by atoms with van der Waals surface area (Å²) in [6, 6.07) is 15.3. The maximum atomic E-state index is 10.2. The summed E-state index contributed by atoms with van der Waals surface area (Å²) in [6.07, 6.45) is 0.424. The van der Waals surface area contributed by atoms with E-state index in [0.717, 1.165) is 12.0 Å². The fourth-order valence-electron chi connectivity index (χ4n) is 2.24. The monoisotopic (exact) mass is 299 g/mol. The summed E-state index contributed by atoms with van der Waals surface area (Å²) >= 11 is 0. The van der Waals surface area contributed by atoms with Gasteiger partial charge in [0.25, 0.3) is 0 Å². The smallest absolute Gasteiger partial charge is 0.121 e. The fraction of sp³-hybridized carbons (Fsp3) is 0.368. The van der Waals surface area contributed by atoms with Crippen molar-refractivity contribution in [1.82, 2.24) is 0 Å². The van der Waals surface area contributed by atoms with Crippen molar-refractivity contribution < 1.29 is 9.84 Å². The quantitative estimate of drug-likeness (QED) is 0.791. The van der Waals surface area contributed by atoms with Crippen LogP contribution >= 0.6 is 0 Å². The van der Waals surface area contributed by atoms with Gasteiger partial charge in [0.05, 0.1) is 0 Å². The van der Waals surface area contributed by atoms with Gasteiger partial charge in [-0.2, -0.15) is 0 Å². The second-order valence-electron chi connectivity index (χ2n) is 6.26. The van der Waals surface area contributed by atoms with Crippen LogP contribution in [0.1, 0.15) is 44.4 Å². The lowest BCUT2D eigenvalue weighted by Gasteiger charge is -2.24. The lowest BCUT2D eigenvalue weighted by Crippen LogP contribution is -2.16. The van der Waals surface area contributed by atoms with E-state index in [2.05, 4.69) is 32.9 Å². The van der Waals surface area contributed by atoms with E-state index < -0.39 is 6.10 Å². The average molecular weight is 299 g/mol. The first-order valence-corrected chi connectivity index (χ1v) is 7.69. The van der Waals surface area contributed by atoms with Gasteiger partial charge in [0.15, 0.2) is 0 Å². The molecule has 0 aromatic heterocycles. The number of nitrogens with two attached hydrogens (primary N) is 1. The van der Waals surface area contributed by atoms with Gasteiger partial charge in [-0.15, -0.1) is 0 Å². The van der Waals surface area contributed by atoms with E-state index in [9.17, 15) is 5.11 Å². The predicted molar refractivity (Wildman–Crippen MR) is 91.1 cm³/mol. The van der Waals surface area contributed by atoms with Crippen LogP contribution in [0.4, 0.5) is 5.69 Å². The van der Waals surface area contributed by atoms with Crippen LogP contribution < -0.4 is 10.5 Å². The molecule has 0 aliphatic rings. The predicted octanol–water partition coefficient (Wildman–Crippen LogP) is 4.07. The van der Waals surface area contributed by atoms with Gasteiger partial charge < -0.3 is 15.6 Å². The summed E-state index contributed by atoms with van der Waals surface area (Å²) < 4.78 is 5.59. The molecule has 3 N–H and O–H groups in total. The summed E-state index contributed by atoms with van der Waals surface area (Å²) in [6.45, 7) is 6.84. The molecule has 0 bridgehead atoms. The fourth-order valence-corrected chi connectivity index (χ4v) is 2.24. The zero-order valence-electron chi connectivity index (χ0n) is 13.5. The van der Waals surface area contributed by atoms with Gasteiger partial charge in [-0.3, -0.25) is 0 Å². The van der Waals surface area contributed by atoms with Gasteiger partial charge in [0, 0.05) is 11.8 Å². The normalized spacial score (nSPS) is 12.9. The van der Waals surface area contributed by atoms with Gasteiger partial charge in [0.2, 0.25) is 0 Å². The molecule has 1 unspecified atom stereocenters. The molecule has 2 rings (SSSR count). The Balaban J connectivity index is 1.99. The Hall–Kier alpha value is -2.00. The van der Waals surface area contributed by atoms with E-state index in [0.29, 0.717) is 11.4 Å². The molecule has 0 saturated heterocycles. The molecule has 1 atom stereocenters. The van der Waals surface area contributed by atoms with E-state index in [1.807, 2.05) is 24.3 Å². The highest BCUT2D eigenvalue weighted by atomic mass is 16.5.